The summed E-state index contributed by atoms with van der Waals surface area (Å²) >= 11 is 2.77. The summed E-state index contributed by atoms with van der Waals surface area (Å²) in [7, 11) is -7.90. The fourth-order valence-corrected chi connectivity index (χ4v) is 15.8. The number of hydrogen-bond donors (Lipinski definition) is 5. The van der Waals surface area contributed by atoms with E-state index < -0.39 is 48.8 Å². The van der Waals surface area contributed by atoms with Crippen LogP contribution in [0.4, 0.5) is 21.0 Å². The standard InChI is InChI=1S/C45H43N5O4S2.C26H29N5O4S2/c1-31(2)54-43(51)48-37-24-21-32(22-25-37)42-46-30-40(55-42)38-26-23-33(29-41(38)56(52,53)49-44(3,4)5)39-27-28-47-50(39)45(34-15-9-6-10-16-34,35-17-11-7-12-18-35)36-19-13-8-14-20-36;1-16(2)35-25(32)29-19-9-6-17(7-10-19)24-27-15-22(36-24)20-11-8-18(21-12-13-28-30-21)14-23(20)37(33,34)31-26(3,4)5/h6-31,49H,1-5H3,(H,48,51);6-16,31H,1-5H3,(H,28,30)(H,29,32). The molecule has 11 rings (SSSR count). The number of amides is 2. The molecule has 0 atom stereocenters. The molecular weight excluding hydrogens is 1250 g/mol. The van der Waals surface area contributed by atoms with Gasteiger partial charge in [-0.05, 0) is 159 Å². The molecule has 0 unspecified atom stereocenters. The van der Waals surface area contributed by atoms with E-state index in [2.05, 4.69) is 76.6 Å². The van der Waals surface area contributed by atoms with Gasteiger partial charge in [0, 0.05) is 80.6 Å². The molecule has 0 saturated heterocycles. The average Bonchev–Trinajstić information content (AvgIpc) is 1.73. The Labute approximate surface area is 550 Å². The van der Waals surface area contributed by atoms with Gasteiger partial charge in [0.2, 0.25) is 20.0 Å². The number of ether oxygens (including phenoxy) is 2. The van der Waals surface area contributed by atoms with Gasteiger partial charge in [-0.3, -0.25) is 15.7 Å². The minimum atomic E-state index is -4.05. The topological polar surface area (TPSA) is 241 Å². The van der Waals surface area contributed by atoms with E-state index in [4.69, 9.17) is 14.6 Å². The Morgan fingerprint density at radius 1 is 0.495 bits per heavy atom. The number of hydrogen-bond acceptors (Lipinski definition) is 14. The second-order valence-corrected chi connectivity index (χ2v) is 29.8. The Bertz CT molecular complexity index is 4500. The van der Waals surface area contributed by atoms with Crippen molar-refractivity contribution in [3.8, 4) is 64.5 Å². The summed E-state index contributed by atoms with van der Waals surface area (Å²) in [5.41, 5.74) is 7.45. The van der Waals surface area contributed by atoms with Gasteiger partial charge in [0.1, 0.15) is 15.6 Å². The molecule has 22 heteroatoms. The molecule has 4 aromatic heterocycles. The number of sulfonamides is 2. The Morgan fingerprint density at radius 2 is 0.892 bits per heavy atom. The van der Waals surface area contributed by atoms with Crippen LogP contribution in [-0.4, -0.2) is 82.3 Å². The molecule has 11 aromatic rings. The molecule has 0 saturated carbocycles. The fourth-order valence-electron chi connectivity index (χ4n) is 10.4. The van der Waals surface area contributed by atoms with Gasteiger partial charge in [-0.25, -0.2) is 50.5 Å². The molecule has 0 spiro atoms. The van der Waals surface area contributed by atoms with Gasteiger partial charge in [-0.1, -0.05) is 115 Å². The van der Waals surface area contributed by atoms with Crippen molar-refractivity contribution in [1.82, 2.24) is 39.4 Å². The van der Waals surface area contributed by atoms with Crippen molar-refractivity contribution < 1.29 is 35.9 Å². The minimum Gasteiger partial charge on any atom is -0.447 e. The molecule has 5 N–H and O–H groups in total. The summed E-state index contributed by atoms with van der Waals surface area (Å²) in [6.45, 7) is 18.0. The van der Waals surface area contributed by atoms with Crippen LogP contribution < -0.4 is 20.1 Å². The summed E-state index contributed by atoms with van der Waals surface area (Å²) in [4.78, 5) is 34.8. The van der Waals surface area contributed by atoms with Gasteiger partial charge < -0.3 is 9.47 Å². The molecule has 0 aliphatic heterocycles. The van der Waals surface area contributed by atoms with E-state index in [1.54, 1.807) is 122 Å². The minimum absolute atomic E-state index is 0.126. The molecule has 7 aromatic carbocycles. The van der Waals surface area contributed by atoms with Gasteiger partial charge >= 0.3 is 12.2 Å². The molecule has 18 nitrogen and oxygen atoms in total. The van der Waals surface area contributed by atoms with Crippen molar-refractivity contribution in [3.63, 3.8) is 0 Å². The number of H-pyrrole nitrogens is 1. The quantitative estimate of drug-likeness (QED) is 0.0504. The fraction of sp³-hybridized carbons (Fsp3) is 0.211. The summed E-state index contributed by atoms with van der Waals surface area (Å²) in [6.07, 6.45) is 5.26. The molecular formula is C71H72N10O8S4. The van der Waals surface area contributed by atoms with Gasteiger partial charge in [0.15, 0.2) is 0 Å². The summed E-state index contributed by atoms with van der Waals surface area (Å²) in [6, 6.07) is 59.7. The smallest absolute Gasteiger partial charge is 0.411 e. The summed E-state index contributed by atoms with van der Waals surface area (Å²) in [5, 5.41) is 18.7. The zero-order chi connectivity index (χ0) is 66.3. The van der Waals surface area contributed by atoms with Crippen molar-refractivity contribution in [2.24, 2.45) is 0 Å². The number of nitrogens with one attached hydrogen (secondary N) is 5. The first-order valence-electron chi connectivity index (χ1n) is 29.9. The highest BCUT2D eigenvalue weighted by Crippen LogP contribution is 2.45. The van der Waals surface area contributed by atoms with Crippen molar-refractivity contribution >= 4 is 66.3 Å². The van der Waals surface area contributed by atoms with Crippen LogP contribution in [0.15, 0.2) is 223 Å². The lowest BCUT2D eigenvalue weighted by molar-refractivity contribution is 0.129. The first-order chi connectivity index (χ1) is 44.3. The van der Waals surface area contributed by atoms with Crippen molar-refractivity contribution in [1.29, 1.82) is 0 Å². The summed E-state index contributed by atoms with van der Waals surface area (Å²) < 4.78 is 73.6. The van der Waals surface area contributed by atoms with E-state index >= 15 is 0 Å². The lowest BCUT2D eigenvalue weighted by Gasteiger charge is -2.37. The molecule has 0 radical (unpaired) electrons. The van der Waals surface area contributed by atoms with Gasteiger partial charge in [-0.15, -0.1) is 22.7 Å². The molecule has 0 aliphatic carbocycles. The number of aromatic nitrogens is 6. The number of aromatic amines is 1. The number of carbonyl (C=O) groups excluding carboxylic acids is 2. The predicted molar refractivity (Wildman–Crippen MR) is 370 cm³/mol. The summed E-state index contributed by atoms with van der Waals surface area (Å²) in [5.74, 6) is 0. The van der Waals surface area contributed by atoms with Crippen molar-refractivity contribution in [2.45, 2.75) is 108 Å². The lowest BCUT2D eigenvalue weighted by atomic mass is 9.76. The maximum absolute atomic E-state index is 14.4. The first kappa shape index (κ1) is 66.5. The third kappa shape index (κ3) is 15.9. The third-order valence-electron chi connectivity index (χ3n) is 14.1. The Balaban J connectivity index is 0.000000222. The van der Waals surface area contributed by atoms with Crippen LogP contribution in [-0.2, 0) is 35.1 Å². The Morgan fingerprint density at radius 3 is 1.28 bits per heavy atom. The van der Waals surface area contributed by atoms with Crippen LogP contribution in [0, 0.1) is 0 Å². The number of nitrogens with zero attached hydrogens (tertiary/aromatic N) is 5. The van der Waals surface area contributed by atoms with E-state index in [0.29, 0.717) is 48.4 Å². The number of thiazole rings is 2. The molecule has 0 aliphatic rings. The van der Waals surface area contributed by atoms with Crippen LogP contribution in [0.5, 0.6) is 0 Å². The number of carbonyl (C=O) groups is 2. The monoisotopic (exact) mass is 1320 g/mol. The van der Waals surface area contributed by atoms with Crippen LogP contribution in [0.2, 0.25) is 0 Å². The molecule has 4 heterocycles. The number of anilines is 2. The van der Waals surface area contributed by atoms with Crippen molar-refractivity contribution in [3.05, 3.63) is 230 Å². The van der Waals surface area contributed by atoms with Gasteiger partial charge in [0.25, 0.3) is 0 Å². The molecule has 0 bridgehead atoms. The van der Waals surface area contributed by atoms with Gasteiger partial charge in [0.05, 0.1) is 43.1 Å². The maximum Gasteiger partial charge on any atom is 0.411 e. The van der Waals surface area contributed by atoms with Crippen molar-refractivity contribution in [2.75, 3.05) is 10.6 Å². The lowest BCUT2D eigenvalue weighted by Crippen LogP contribution is -2.40. The Hall–Kier alpha value is -9.42. The van der Waals surface area contributed by atoms with Crippen LogP contribution in [0.25, 0.3) is 64.5 Å². The van der Waals surface area contributed by atoms with Crippen LogP contribution in [0.1, 0.15) is 85.9 Å². The normalized spacial score (nSPS) is 12.1. The predicted octanol–water partition coefficient (Wildman–Crippen LogP) is 16.1. The largest absolute Gasteiger partial charge is 0.447 e. The zero-order valence-corrected chi connectivity index (χ0v) is 56.3. The van der Waals surface area contributed by atoms with E-state index in [0.717, 1.165) is 44.2 Å². The maximum atomic E-state index is 14.4. The van der Waals surface area contributed by atoms with E-state index in [9.17, 15) is 26.4 Å². The SMILES string of the molecule is CC(C)OC(=O)Nc1ccc(-c2ncc(-c3ccc(-c4ccn[nH]4)cc3S(=O)(=O)NC(C)(C)C)s2)cc1.CC(C)OC(=O)Nc1ccc(-c2ncc(-c3ccc(-c4ccnn4C(c4ccccc4)(c4ccccc4)c4ccccc4)cc3S(=O)(=O)NC(C)(C)C)s2)cc1. The number of rotatable bonds is 18. The van der Waals surface area contributed by atoms with E-state index in [1.807, 2.05) is 129 Å². The molecule has 478 valence electrons. The first-order valence-corrected chi connectivity index (χ1v) is 34.5. The highest BCUT2D eigenvalue weighted by Gasteiger charge is 2.41. The molecule has 93 heavy (non-hydrogen) atoms. The number of benzene rings is 7. The van der Waals surface area contributed by atoms with E-state index in [1.165, 1.54) is 22.7 Å². The third-order valence-corrected chi connectivity index (χ3v) is 19.8. The molecule has 0 fully saturated rings. The highest BCUT2D eigenvalue weighted by atomic mass is 32.2. The molecule has 2 amide bonds. The second-order valence-electron chi connectivity index (χ2n) is 24.4. The average molecular weight is 1320 g/mol. The van der Waals surface area contributed by atoms with Gasteiger partial charge in [-0.2, -0.15) is 10.2 Å². The highest BCUT2D eigenvalue weighted by molar-refractivity contribution is 7.90. The zero-order valence-electron chi connectivity index (χ0n) is 53.0. The van der Waals surface area contributed by atoms with Crippen LogP contribution in [0.3, 0.4) is 0 Å². The van der Waals surface area contributed by atoms with Crippen LogP contribution >= 0.6 is 22.7 Å². The Kier molecular flexibility index (Phi) is 19.9. The van der Waals surface area contributed by atoms with E-state index in [-0.39, 0.29) is 22.0 Å². The second kappa shape index (κ2) is 27.8.